The summed E-state index contributed by atoms with van der Waals surface area (Å²) in [5.41, 5.74) is 4.08. The highest BCUT2D eigenvalue weighted by atomic mass is 32.1. The number of aromatic nitrogens is 2. The summed E-state index contributed by atoms with van der Waals surface area (Å²) in [7, 11) is 0. The standard InChI is InChI=1S/C45H52N4O5S/c1-6-7-8-9-13-26-54-36-22-20-33(21-23-36)35-28-46-41(47-29-35)34-18-16-31(17-19-34)27-37(48-43(51)38-24-25-39(55-38)45(3,4)5)42(50)49-40(44(52)53)30(2)32-14-11-10-12-15-32/h10-12,14-25,28-30,37,40H,6-9,13,26-27H2,1-5H3,(H,48,51)(H,49,50)(H,52,53). The summed E-state index contributed by atoms with van der Waals surface area (Å²) in [6.45, 7) is 10.9. The molecule has 0 aliphatic carbocycles. The Morgan fingerprint density at radius 2 is 1.44 bits per heavy atom. The molecule has 3 atom stereocenters. The number of nitrogens with one attached hydrogen (secondary N) is 2. The van der Waals surface area contributed by atoms with E-state index in [0.717, 1.165) is 51.5 Å². The predicted molar refractivity (Wildman–Crippen MR) is 220 cm³/mol. The number of unbranched alkanes of at least 4 members (excludes halogenated alkanes) is 4. The van der Waals surface area contributed by atoms with Gasteiger partial charge in [0.2, 0.25) is 5.91 Å². The quantitative estimate of drug-likeness (QED) is 0.0760. The highest BCUT2D eigenvalue weighted by Gasteiger charge is 2.32. The number of ether oxygens (including phenoxy) is 1. The average molecular weight is 761 g/mol. The summed E-state index contributed by atoms with van der Waals surface area (Å²) in [4.78, 5) is 50.5. The van der Waals surface area contributed by atoms with Crippen molar-refractivity contribution in [1.29, 1.82) is 0 Å². The Labute approximate surface area is 328 Å². The van der Waals surface area contributed by atoms with E-state index in [2.05, 4.69) is 48.3 Å². The zero-order chi connectivity index (χ0) is 39.4. The molecule has 0 fully saturated rings. The van der Waals surface area contributed by atoms with Crippen LogP contribution in [0.15, 0.2) is 103 Å². The van der Waals surface area contributed by atoms with E-state index in [4.69, 9.17) is 4.74 Å². The number of amides is 2. The van der Waals surface area contributed by atoms with Gasteiger partial charge < -0.3 is 20.5 Å². The van der Waals surface area contributed by atoms with Gasteiger partial charge in [0.25, 0.3) is 5.91 Å². The minimum atomic E-state index is -1.21. The number of carbonyl (C=O) groups excluding carboxylic acids is 2. The van der Waals surface area contributed by atoms with E-state index in [1.54, 1.807) is 25.4 Å². The molecule has 0 saturated heterocycles. The molecule has 9 nitrogen and oxygen atoms in total. The Hall–Kier alpha value is -5.35. The van der Waals surface area contributed by atoms with E-state index in [1.807, 2.05) is 84.9 Å². The SMILES string of the molecule is CCCCCCCOc1ccc(-c2cnc(-c3ccc(CC(NC(=O)c4ccc(C(C)(C)C)s4)C(=O)NC(C(=O)O)C(C)c4ccccc4)cc3)nc2)cc1. The monoisotopic (exact) mass is 760 g/mol. The van der Waals surface area contributed by atoms with Gasteiger partial charge >= 0.3 is 5.97 Å². The molecule has 5 aromatic rings. The summed E-state index contributed by atoms with van der Waals surface area (Å²) in [6.07, 6.45) is 9.71. The molecule has 3 N–H and O–H groups in total. The lowest BCUT2D eigenvalue weighted by atomic mass is 9.92. The Kier molecular flexibility index (Phi) is 14.3. The van der Waals surface area contributed by atoms with Gasteiger partial charge in [-0.05, 0) is 52.8 Å². The number of thiophene rings is 1. The van der Waals surface area contributed by atoms with E-state index >= 15 is 0 Å². The Morgan fingerprint density at radius 3 is 2.05 bits per heavy atom. The van der Waals surface area contributed by atoms with Crippen molar-refractivity contribution in [3.8, 4) is 28.3 Å². The van der Waals surface area contributed by atoms with Crippen LogP contribution in [0.4, 0.5) is 0 Å². The van der Waals surface area contributed by atoms with E-state index in [9.17, 15) is 19.5 Å². The zero-order valence-electron chi connectivity index (χ0n) is 32.4. The Balaban J connectivity index is 1.27. The minimum absolute atomic E-state index is 0.137. The van der Waals surface area contributed by atoms with Gasteiger partial charge in [-0.2, -0.15) is 0 Å². The molecular formula is C45H52N4O5S. The topological polar surface area (TPSA) is 131 Å². The van der Waals surface area contributed by atoms with E-state index in [-0.39, 0.29) is 11.8 Å². The van der Waals surface area contributed by atoms with Crippen LogP contribution in [0.3, 0.4) is 0 Å². The molecule has 0 aliphatic heterocycles. The van der Waals surface area contributed by atoms with Gasteiger partial charge in [-0.25, -0.2) is 14.8 Å². The first kappa shape index (κ1) is 40.8. The number of nitrogens with zero attached hydrogens (tertiary/aromatic N) is 2. The minimum Gasteiger partial charge on any atom is -0.494 e. The van der Waals surface area contributed by atoms with Crippen LogP contribution in [0.1, 0.15) is 98.3 Å². The first-order valence-corrected chi connectivity index (χ1v) is 19.9. The summed E-state index contributed by atoms with van der Waals surface area (Å²) in [6, 6.07) is 26.1. The number of carboxylic acid groups (broad SMARTS) is 1. The largest absolute Gasteiger partial charge is 0.494 e. The summed E-state index contributed by atoms with van der Waals surface area (Å²) < 4.78 is 5.91. The smallest absolute Gasteiger partial charge is 0.326 e. The van der Waals surface area contributed by atoms with Crippen molar-refractivity contribution in [3.63, 3.8) is 0 Å². The highest BCUT2D eigenvalue weighted by Crippen LogP contribution is 2.30. The van der Waals surface area contributed by atoms with Gasteiger partial charge in [0.15, 0.2) is 5.82 Å². The summed E-state index contributed by atoms with van der Waals surface area (Å²) in [5, 5.41) is 15.7. The highest BCUT2D eigenvalue weighted by molar-refractivity contribution is 7.14. The summed E-state index contributed by atoms with van der Waals surface area (Å²) in [5.74, 6) is -1.25. The Bertz CT molecular complexity index is 1990. The zero-order valence-corrected chi connectivity index (χ0v) is 33.2. The van der Waals surface area contributed by atoms with Crippen LogP contribution in [0, 0.1) is 0 Å². The molecule has 288 valence electrons. The second-order valence-electron chi connectivity index (χ2n) is 14.9. The van der Waals surface area contributed by atoms with E-state index in [0.29, 0.717) is 10.7 Å². The molecule has 2 heterocycles. The molecule has 0 aliphatic rings. The van der Waals surface area contributed by atoms with Gasteiger partial charge in [-0.3, -0.25) is 9.59 Å². The molecule has 3 aromatic carbocycles. The van der Waals surface area contributed by atoms with Crippen LogP contribution in [-0.4, -0.2) is 51.5 Å². The Morgan fingerprint density at radius 1 is 0.782 bits per heavy atom. The fraction of sp³-hybridized carbons (Fsp3) is 0.356. The molecule has 2 aromatic heterocycles. The van der Waals surface area contributed by atoms with Crippen molar-refractivity contribution in [2.45, 2.75) is 96.6 Å². The van der Waals surface area contributed by atoms with Crippen molar-refractivity contribution in [2.24, 2.45) is 0 Å². The van der Waals surface area contributed by atoms with Gasteiger partial charge in [0.05, 0.1) is 11.5 Å². The number of carbonyl (C=O) groups is 3. The van der Waals surface area contributed by atoms with Crippen molar-refractivity contribution >= 4 is 29.1 Å². The third-order valence-electron chi connectivity index (χ3n) is 9.59. The molecule has 3 unspecified atom stereocenters. The second-order valence-corrected chi connectivity index (χ2v) is 16.0. The number of benzene rings is 3. The molecular weight excluding hydrogens is 709 g/mol. The number of rotatable bonds is 18. The van der Waals surface area contributed by atoms with E-state index < -0.39 is 35.8 Å². The van der Waals surface area contributed by atoms with Gasteiger partial charge in [0, 0.05) is 40.7 Å². The summed E-state index contributed by atoms with van der Waals surface area (Å²) >= 11 is 1.38. The van der Waals surface area contributed by atoms with Gasteiger partial charge in [0.1, 0.15) is 17.8 Å². The molecule has 5 rings (SSSR count). The molecule has 2 amide bonds. The molecule has 0 spiro atoms. The van der Waals surface area contributed by atoms with Crippen molar-refractivity contribution in [3.05, 3.63) is 124 Å². The fourth-order valence-corrected chi connectivity index (χ4v) is 7.16. The lowest BCUT2D eigenvalue weighted by Gasteiger charge is -2.25. The third-order valence-corrected chi connectivity index (χ3v) is 11.1. The number of carboxylic acids is 1. The van der Waals surface area contributed by atoms with Gasteiger partial charge in [-0.15, -0.1) is 11.3 Å². The fourth-order valence-electron chi connectivity index (χ4n) is 6.20. The number of hydrogen-bond donors (Lipinski definition) is 3. The first-order valence-electron chi connectivity index (χ1n) is 19.1. The van der Waals surface area contributed by atoms with Crippen LogP contribution in [0.5, 0.6) is 5.75 Å². The van der Waals surface area contributed by atoms with Crippen molar-refractivity contribution in [2.75, 3.05) is 6.61 Å². The maximum Gasteiger partial charge on any atom is 0.326 e. The van der Waals surface area contributed by atoms with Crippen LogP contribution >= 0.6 is 11.3 Å². The first-order chi connectivity index (χ1) is 26.4. The third kappa shape index (κ3) is 11.6. The lowest BCUT2D eigenvalue weighted by molar-refractivity contribution is -0.142. The average Bonchev–Trinajstić information content (AvgIpc) is 3.71. The van der Waals surface area contributed by atoms with Crippen molar-refractivity contribution < 1.29 is 24.2 Å². The number of aliphatic carboxylic acids is 1. The predicted octanol–water partition coefficient (Wildman–Crippen LogP) is 9.23. The molecule has 0 saturated carbocycles. The van der Waals surface area contributed by atoms with E-state index in [1.165, 1.54) is 37.0 Å². The maximum atomic E-state index is 13.9. The normalized spacial score (nSPS) is 13.0. The molecule has 10 heteroatoms. The molecule has 0 radical (unpaired) electrons. The van der Waals surface area contributed by atoms with Crippen molar-refractivity contribution in [1.82, 2.24) is 20.6 Å². The second kappa shape index (κ2) is 19.3. The lowest BCUT2D eigenvalue weighted by Crippen LogP contribution is -2.53. The molecule has 55 heavy (non-hydrogen) atoms. The van der Waals surface area contributed by atoms with Crippen LogP contribution < -0.4 is 15.4 Å². The maximum absolute atomic E-state index is 13.9. The van der Waals surface area contributed by atoms with Crippen LogP contribution in [0.2, 0.25) is 0 Å². The molecule has 0 bridgehead atoms. The van der Waals surface area contributed by atoms with Crippen LogP contribution in [0.25, 0.3) is 22.5 Å². The number of hydrogen-bond acceptors (Lipinski definition) is 7. The van der Waals surface area contributed by atoms with Crippen LogP contribution in [-0.2, 0) is 21.4 Å². The van der Waals surface area contributed by atoms with Gasteiger partial charge in [-0.1, -0.05) is 127 Å².